The summed E-state index contributed by atoms with van der Waals surface area (Å²) in [6.07, 6.45) is 2.80. The molecule has 7 nitrogen and oxygen atoms in total. The SMILES string of the molecule is COc1ccccc1-n1cnn(CN2CCN(Cc3ccc4c(c3)CCO4)CC2)c1=S. The van der Waals surface area contributed by atoms with Gasteiger partial charge in [0.05, 0.1) is 26.1 Å². The summed E-state index contributed by atoms with van der Waals surface area (Å²) in [5, 5.41) is 4.53. The number of fused-ring (bicyclic) bond motifs is 1. The zero-order valence-electron chi connectivity index (χ0n) is 17.7. The van der Waals surface area contributed by atoms with Crippen LogP contribution in [0.4, 0.5) is 0 Å². The van der Waals surface area contributed by atoms with Crippen molar-refractivity contribution < 1.29 is 9.47 Å². The zero-order chi connectivity index (χ0) is 21.2. The van der Waals surface area contributed by atoms with Crippen LogP contribution in [-0.2, 0) is 19.6 Å². The maximum Gasteiger partial charge on any atom is 0.203 e. The molecule has 162 valence electrons. The van der Waals surface area contributed by atoms with Crippen LogP contribution in [0.5, 0.6) is 11.5 Å². The van der Waals surface area contributed by atoms with E-state index in [0.29, 0.717) is 11.4 Å². The van der Waals surface area contributed by atoms with Crippen molar-refractivity contribution in [3.8, 4) is 17.2 Å². The molecule has 0 aliphatic carbocycles. The normalized spacial score (nSPS) is 16.8. The van der Waals surface area contributed by atoms with Gasteiger partial charge < -0.3 is 9.47 Å². The molecule has 0 amide bonds. The lowest BCUT2D eigenvalue weighted by molar-refractivity contribution is 0.0981. The predicted octanol–water partition coefficient (Wildman–Crippen LogP) is 3.12. The number of benzene rings is 2. The van der Waals surface area contributed by atoms with Gasteiger partial charge in [0.1, 0.15) is 17.8 Å². The number of hydrogen-bond donors (Lipinski definition) is 0. The van der Waals surface area contributed by atoms with Gasteiger partial charge in [-0.25, -0.2) is 4.68 Å². The number of rotatable bonds is 6. The minimum absolute atomic E-state index is 0.673. The fourth-order valence-corrected chi connectivity index (χ4v) is 4.55. The van der Waals surface area contributed by atoms with E-state index >= 15 is 0 Å². The summed E-state index contributed by atoms with van der Waals surface area (Å²) >= 11 is 5.69. The zero-order valence-corrected chi connectivity index (χ0v) is 18.6. The van der Waals surface area contributed by atoms with Crippen molar-refractivity contribution in [2.75, 3.05) is 39.9 Å². The van der Waals surface area contributed by atoms with Gasteiger partial charge in [-0.05, 0) is 41.5 Å². The van der Waals surface area contributed by atoms with Crippen LogP contribution in [-0.4, -0.2) is 64.0 Å². The molecule has 2 aliphatic rings. The number of hydrogen-bond acceptors (Lipinski definition) is 6. The van der Waals surface area contributed by atoms with Crippen LogP contribution in [0.3, 0.4) is 0 Å². The van der Waals surface area contributed by atoms with Crippen molar-refractivity contribution in [1.82, 2.24) is 24.1 Å². The molecule has 0 saturated carbocycles. The first-order valence-electron chi connectivity index (χ1n) is 10.7. The summed E-state index contributed by atoms with van der Waals surface area (Å²) in [5.41, 5.74) is 3.62. The van der Waals surface area contributed by atoms with E-state index in [1.807, 2.05) is 33.5 Å². The highest BCUT2D eigenvalue weighted by Gasteiger charge is 2.19. The molecule has 5 rings (SSSR count). The van der Waals surface area contributed by atoms with Gasteiger partial charge >= 0.3 is 0 Å². The monoisotopic (exact) mass is 437 g/mol. The summed E-state index contributed by atoms with van der Waals surface area (Å²) in [7, 11) is 1.67. The predicted molar refractivity (Wildman–Crippen MR) is 121 cm³/mol. The van der Waals surface area contributed by atoms with Crippen molar-refractivity contribution in [1.29, 1.82) is 0 Å². The average molecular weight is 438 g/mol. The Morgan fingerprint density at radius 2 is 1.87 bits per heavy atom. The Labute approximate surface area is 187 Å². The number of methoxy groups -OCH3 is 1. The second-order valence-electron chi connectivity index (χ2n) is 8.03. The van der Waals surface area contributed by atoms with Gasteiger partial charge in [0.25, 0.3) is 0 Å². The largest absolute Gasteiger partial charge is 0.495 e. The van der Waals surface area contributed by atoms with Crippen LogP contribution in [0.2, 0.25) is 0 Å². The minimum Gasteiger partial charge on any atom is -0.495 e. The molecule has 0 N–H and O–H groups in total. The molecular formula is C23H27N5O2S. The van der Waals surface area contributed by atoms with Gasteiger partial charge in [0, 0.05) is 39.1 Å². The Bertz CT molecular complexity index is 1120. The van der Waals surface area contributed by atoms with E-state index in [2.05, 4.69) is 33.1 Å². The van der Waals surface area contributed by atoms with Crippen molar-refractivity contribution >= 4 is 12.2 Å². The quantitative estimate of drug-likeness (QED) is 0.553. The number of aromatic nitrogens is 3. The molecular weight excluding hydrogens is 410 g/mol. The molecule has 3 aromatic rings. The van der Waals surface area contributed by atoms with E-state index in [4.69, 9.17) is 21.7 Å². The Morgan fingerprint density at radius 1 is 1.06 bits per heavy atom. The fourth-order valence-electron chi connectivity index (χ4n) is 4.30. The van der Waals surface area contributed by atoms with E-state index in [-0.39, 0.29) is 0 Å². The lowest BCUT2D eigenvalue weighted by Gasteiger charge is -2.34. The number of ether oxygens (including phenoxy) is 2. The topological polar surface area (TPSA) is 47.7 Å². The standard InChI is InChI=1S/C23H27N5O2S/c1-29-22-5-3-2-4-20(22)27-16-24-28(23(27)31)17-26-11-9-25(10-12-26)15-18-6-7-21-19(14-18)8-13-30-21/h2-7,14,16H,8-13,15,17H2,1H3. The number of nitrogens with zero attached hydrogens (tertiary/aromatic N) is 5. The summed E-state index contributed by atoms with van der Waals surface area (Å²) in [5.74, 6) is 1.84. The molecule has 3 heterocycles. The van der Waals surface area contributed by atoms with Crippen LogP contribution in [0, 0.1) is 4.77 Å². The maximum atomic E-state index is 5.69. The van der Waals surface area contributed by atoms with Crippen LogP contribution in [0.25, 0.3) is 5.69 Å². The first-order chi connectivity index (χ1) is 15.2. The molecule has 1 saturated heterocycles. The average Bonchev–Trinajstić information content (AvgIpc) is 3.41. The van der Waals surface area contributed by atoms with Gasteiger partial charge in [-0.15, -0.1) is 0 Å². The number of piperazine rings is 1. The van der Waals surface area contributed by atoms with Crippen molar-refractivity contribution in [2.45, 2.75) is 19.6 Å². The van der Waals surface area contributed by atoms with Gasteiger partial charge in [-0.3, -0.25) is 14.4 Å². The third-order valence-electron chi connectivity index (χ3n) is 6.04. The molecule has 0 atom stereocenters. The minimum atomic E-state index is 0.673. The Morgan fingerprint density at radius 3 is 2.71 bits per heavy atom. The van der Waals surface area contributed by atoms with Gasteiger partial charge in [-0.2, -0.15) is 5.10 Å². The molecule has 0 spiro atoms. The van der Waals surface area contributed by atoms with Crippen LogP contribution in [0.15, 0.2) is 48.8 Å². The summed E-state index contributed by atoms with van der Waals surface area (Å²) < 4.78 is 15.6. The molecule has 1 aromatic heterocycles. The Hall–Kier alpha value is -2.68. The third-order valence-corrected chi connectivity index (χ3v) is 6.44. The summed E-state index contributed by atoms with van der Waals surface area (Å²) in [6.45, 7) is 6.57. The molecule has 0 unspecified atom stereocenters. The van der Waals surface area contributed by atoms with Crippen molar-refractivity contribution in [3.05, 3.63) is 64.7 Å². The second-order valence-corrected chi connectivity index (χ2v) is 8.40. The van der Waals surface area contributed by atoms with Gasteiger partial charge in [0.2, 0.25) is 4.77 Å². The van der Waals surface area contributed by atoms with E-state index < -0.39 is 0 Å². The Kier molecular flexibility index (Phi) is 5.76. The molecule has 8 heteroatoms. The Balaban J connectivity index is 1.19. The van der Waals surface area contributed by atoms with Gasteiger partial charge in [0.15, 0.2) is 0 Å². The van der Waals surface area contributed by atoms with E-state index in [1.165, 1.54) is 11.1 Å². The summed E-state index contributed by atoms with van der Waals surface area (Å²) in [6, 6.07) is 14.5. The van der Waals surface area contributed by atoms with Gasteiger partial charge in [-0.1, -0.05) is 24.3 Å². The highest BCUT2D eigenvalue weighted by molar-refractivity contribution is 7.71. The lowest BCUT2D eigenvalue weighted by atomic mass is 10.1. The van der Waals surface area contributed by atoms with Crippen LogP contribution in [0.1, 0.15) is 11.1 Å². The van der Waals surface area contributed by atoms with E-state index in [0.717, 1.165) is 62.9 Å². The third kappa shape index (κ3) is 4.23. The highest BCUT2D eigenvalue weighted by Crippen LogP contribution is 2.26. The summed E-state index contributed by atoms with van der Waals surface area (Å²) in [4.78, 5) is 4.92. The highest BCUT2D eigenvalue weighted by atomic mass is 32.1. The van der Waals surface area contributed by atoms with E-state index in [9.17, 15) is 0 Å². The maximum absolute atomic E-state index is 5.69. The first-order valence-corrected chi connectivity index (χ1v) is 11.1. The number of para-hydroxylation sites is 2. The van der Waals surface area contributed by atoms with E-state index in [1.54, 1.807) is 13.4 Å². The molecule has 0 radical (unpaired) electrons. The fraction of sp³-hybridized carbons (Fsp3) is 0.391. The molecule has 2 aromatic carbocycles. The van der Waals surface area contributed by atoms with Crippen LogP contribution < -0.4 is 9.47 Å². The second kappa shape index (κ2) is 8.82. The van der Waals surface area contributed by atoms with Crippen molar-refractivity contribution in [3.63, 3.8) is 0 Å². The molecule has 0 bridgehead atoms. The van der Waals surface area contributed by atoms with Crippen molar-refractivity contribution in [2.24, 2.45) is 0 Å². The molecule has 31 heavy (non-hydrogen) atoms. The molecule has 1 fully saturated rings. The molecule has 2 aliphatic heterocycles. The van der Waals surface area contributed by atoms with Crippen LogP contribution >= 0.6 is 12.2 Å². The smallest absolute Gasteiger partial charge is 0.203 e. The first kappa shape index (κ1) is 20.2. The lowest BCUT2D eigenvalue weighted by Crippen LogP contribution is -2.46.